The highest BCUT2D eigenvalue weighted by Gasteiger charge is 2.40. The van der Waals surface area contributed by atoms with Crippen LogP contribution in [0.15, 0.2) is 60.7 Å². The van der Waals surface area contributed by atoms with E-state index >= 15 is 0 Å². The van der Waals surface area contributed by atoms with Gasteiger partial charge in [-0.1, -0.05) is 32.0 Å². The molecule has 3 amide bonds. The van der Waals surface area contributed by atoms with Crippen molar-refractivity contribution in [2.24, 2.45) is 5.92 Å². The van der Waals surface area contributed by atoms with Gasteiger partial charge in [-0.15, -0.1) is 0 Å². The lowest BCUT2D eigenvalue weighted by Crippen LogP contribution is -2.42. The van der Waals surface area contributed by atoms with Gasteiger partial charge in [0.2, 0.25) is 5.91 Å². The number of benzene rings is 3. The lowest BCUT2D eigenvalue weighted by atomic mass is 9.88. The summed E-state index contributed by atoms with van der Waals surface area (Å²) in [7, 11) is 1.57. The molecule has 3 aromatic carbocycles. The average molecular weight is 646 g/mol. The van der Waals surface area contributed by atoms with Gasteiger partial charge >= 0.3 is 6.09 Å². The fraction of sp³-hybridized carbons (Fsp3) is 0.432. The summed E-state index contributed by atoms with van der Waals surface area (Å²) in [6.07, 6.45) is 0.608. The summed E-state index contributed by atoms with van der Waals surface area (Å²) in [6.45, 7) is 10.9. The van der Waals surface area contributed by atoms with Crippen molar-refractivity contribution in [1.82, 2.24) is 15.5 Å². The van der Waals surface area contributed by atoms with Crippen LogP contribution in [-0.2, 0) is 9.53 Å². The maximum absolute atomic E-state index is 13.7. The predicted molar refractivity (Wildman–Crippen MR) is 177 cm³/mol. The van der Waals surface area contributed by atoms with E-state index in [4.69, 9.17) is 14.2 Å². The summed E-state index contributed by atoms with van der Waals surface area (Å²) in [5.74, 6) is -0.147. The summed E-state index contributed by atoms with van der Waals surface area (Å²) in [4.78, 5) is 41.0. The smallest absolute Gasteiger partial charge is 0.410 e. The minimum absolute atomic E-state index is 0.172. The number of rotatable bonds is 9. The molecule has 2 aliphatic heterocycles. The van der Waals surface area contributed by atoms with Gasteiger partial charge in [-0.2, -0.15) is 0 Å². The molecule has 2 aliphatic rings. The van der Waals surface area contributed by atoms with Gasteiger partial charge in [0.1, 0.15) is 41.5 Å². The van der Waals surface area contributed by atoms with Crippen molar-refractivity contribution in [1.29, 1.82) is 0 Å². The van der Waals surface area contributed by atoms with Crippen LogP contribution in [0.4, 0.5) is 9.18 Å². The lowest BCUT2D eigenvalue weighted by molar-refractivity contribution is -0.123. The van der Waals surface area contributed by atoms with Crippen LogP contribution in [0.25, 0.3) is 11.1 Å². The molecule has 47 heavy (non-hydrogen) atoms. The van der Waals surface area contributed by atoms with Crippen LogP contribution in [0, 0.1) is 11.7 Å². The Bertz CT molecular complexity index is 1620. The fourth-order valence-electron chi connectivity index (χ4n) is 5.96. The zero-order chi connectivity index (χ0) is 33.9. The predicted octanol–water partition coefficient (Wildman–Crippen LogP) is 6.62. The van der Waals surface area contributed by atoms with Gasteiger partial charge in [-0.25, -0.2) is 9.18 Å². The zero-order valence-electron chi connectivity index (χ0n) is 27.9. The highest BCUT2D eigenvalue weighted by Crippen LogP contribution is 2.48. The van der Waals surface area contributed by atoms with Crippen molar-refractivity contribution in [3.05, 3.63) is 83.2 Å². The summed E-state index contributed by atoms with van der Waals surface area (Å²) >= 11 is 0. The fourth-order valence-corrected chi connectivity index (χ4v) is 5.96. The van der Waals surface area contributed by atoms with E-state index in [1.54, 1.807) is 48.3 Å². The quantitative estimate of drug-likeness (QED) is 0.271. The van der Waals surface area contributed by atoms with Crippen molar-refractivity contribution in [2.45, 2.75) is 71.1 Å². The molecule has 0 spiro atoms. The van der Waals surface area contributed by atoms with E-state index in [0.717, 1.165) is 18.4 Å². The number of carbonyl (C=O) groups is 3. The lowest BCUT2D eigenvalue weighted by Gasteiger charge is -2.28. The zero-order valence-corrected chi connectivity index (χ0v) is 27.9. The summed E-state index contributed by atoms with van der Waals surface area (Å²) in [6, 6.07) is 16.6. The first-order valence-electron chi connectivity index (χ1n) is 16.2. The number of amides is 3. The molecule has 3 unspecified atom stereocenters. The molecular weight excluding hydrogens is 601 g/mol. The SMILES string of the molecule is CNC(=O)C1c2cc(-c3cc(C(=O)NCC(C)C)ccc3OCC3CCCN3C(=O)OC(C)(C)C)ccc2OC1c1ccc(F)cc1. The topological polar surface area (TPSA) is 106 Å². The van der Waals surface area contributed by atoms with E-state index in [1.807, 2.05) is 46.8 Å². The Labute approximate surface area is 275 Å². The van der Waals surface area contributed by atoms with Gasteiger partial charge in [-0.3, -0.25) is 9.59 Å². The number of likely N-dealkylation sites (N-methyl/N-ethyl adjacent to an activating group) is 1. The van der Waals surface area contributed by atoms with Gasteiger partial charge in [0.05, 0.1) is 6.04 Å². The number of likely N-dealkylation sites (tertiary alicyclic amines) is 1. The van der Waals surface area contributed by atoms with Crippen LogP contribution in [0.5, 0.6) is 11.5 Å². The number of hydrogen-bond acceptors (Lipinski definition) is 6. The molecule has 0 aromatic heterocycles. The molecule has 0 bridgehead atoms. The molecule has 1 saturated heterocycles. The molecule has 10 heteroatoms. The Morgan fingerprint density at radius 3 is 2.47 bits per heavy atom. The number of nitrogens with zero attached hydrogens (tertiary/aromatic N) is 1. The monoisotopic (exact) mass is 645 g/mol. The van der Waals surface area contributed by atoms with E-state index in [1.165, 1.54) is 12.1 Å². The van der Waals surface area contributed by atoms with E-state index in [9.17, 15) is 18.8 Å². The number of hydrogen-bond donors (Lipinski definition) is 2. The first kappa shape index (κ1) is 33.8. The summed E-state index contributed by atoms with van der Waals surface area (Å²) < 4.78 is 32.0. The second-order valence-corrected chi connectivity index (χ2v) is 13.5. The highest BCUT2D eigenvalue weighted by atomic mass is 19.1. The van der Waals surface area contributed by atoms with Crippen molar-refractivity contribution in [3.8, 4) is 22.6 Å². The highest BCUT2D eigenvalue weighted by molar-refractivity contribution is 5.96. The first-order valence-corrected chi connectivity index (χ1v) is 16.2. The van der Waals surface area contributed by atoms with E-state index in [2.05, 4.69) is 10.6 Å². The van der Waals surface area contributed by atoms with Crippen molar-refractivity contribution >= 4 is 17.9 Å². The molecule has 250 valence electrons. The summed E-state index contributed by atoms with van der Waals surface area (Å²) in [5, 5.41) is 5.71. The Morgan fingerprint density at radius 1 is 1.04 bits per heavy atom. The van der Waals surface area contributed by atoms with Crippen LogP contribution in [0.1, 0.15) is 81.0 Å². The van der Waals surface area contributed by atoms with Gasteiger partial charge in [0.15, 0.2) is 0 Å². The number of halogens is 1. The molecule has 0 saturated carbocycles. The van der Waals surface area contributed by atoms with Gasteiger partial charge in [0, 0.05) is 36.8 Å². The van der Waals surface area contributed by atoms with Gasteiger partial charge in [-0.05, 0) is 93.1 Å². The maximum atomic E-state index is 13.7. The van der Waals surface area contributed by atoms with Crippen LogP contribution >= 0.6 is 0 Å². The Hall–Kier alpha value is -4.60. The van der Waals surface area contributed by atoms with Gasteiger partial charge < -0.3 is 29.7 Å². The van der Waals surface area contributed by atoms with Crippen LogP contribution in [0.3, 0.4) is 0 Å². The molecule has 0 radical (unpaired) electrons. The molecule has 2 heterocycles. The van der Waals surface area contributed by atoms with Crippen molar-refractivity contribution < 1.29 is 33.0 Å². The van der Waals surface area contributed by atoms with Crippen LogP contribution < -0.4 is 20.1 Å². The normalized spacial score (nSPS) is 18.8. The number of fused-ring (bicyclic) bond motifs is 1. The molecule has 3 atom stereocenters. The Kier molecular flexibility index (Phi) is 10.1. The third kappa shape index (κ3) is 7.86. The maximum Gasteiger partial charge on any atom is 0.410 e. The second kappa shape index (κ2) is 14.0. The number of carbonyl (C=O) groups excluding carboxylic acids is 3. The molecule has 1 fully saturated rings. The number of ether oxygens (including phenoxy) is 3. The van der Waals surface area contributed by atoms with E-state index < -0.39 is 17.6 Å². The molecular formula is C37H44FN3O6. The minimum Gasteiger partial charge on any atom is -0.491 e. The summed E-state index contributed by atoms with van der Waals surface area (Å²) in [5.41, 5.74) is 2.59. The molecule has 5 rings (SSSR count). The Morgan fingerprint density at radius 2 is 1.79 bits per heavy atom. The third-order valence-corrected chi connectivity index (χ3v) is 8.29. The first-order chi connectivity index (χ1) is 22.3. The molecule has 2 N–H and O–H groups in total. The largest absolute Gasteiger partial charge is 0.491 e. The van der Waals surface area contributed by atoms with Crippen molar-refractivity contribution in [2.75, 3.05) is 26.7 Å². The minimum atomic E-state index is -0.692. The molecule has 9 nitrogen and oxygen atoms in total. The molecule has 0 aliphatic carbocycles. The van der Waals surface area contributed by atoms with Crippen LogP contribution in [0.2, 0.25) is 0 Å². The van der Waals surface area contributed by atoms with E-state index in [0.29, 0.717) is 46.8 Å². The average Bonchev–Trinajstić information content (AvgIpc) is 3.66. The second-order valence-electron chi connectivity index (χ2n) is 13.5. The Balaban J connectivity index is 1.48. The van der Waals surface area contributed by atoms with Crippen LogP contribution in [-0.4, -0.2) is 61.2 Å². The third-order valence-electron chi connectivity index (χ3n) is 8.29. The molecule has 3 aromatic rings. The van der Waals surface area contributed by atoms with E-state index in [-0.39, 0.29) is 42.3 Å². The standard InChI is InChI=1S/C37H44FN3O6/c1-22(2)20-40-34(42)25-12-15-30(45-21-27-8-7-17-41(27)36(44)47-37(3,4)5)28(19-25)24-11-16-31-29(18-24)32(35(43)39-6)33(46-31)23-9-13-26(38)14-10-23/h9-16,18-19,22,27,32-33H,7-8,17,20-21H2,1-6H3,(H,39,43)(H,40,42). The van der Waals surface area contributed by atoms with Crippen molar-refractivity contribution in [3.63, 3.8) is 0 Å². The van der Waals surface area contributed by atoms with Gasteiger partial charge in [0.25, 0.3) is 5.91 Å². The number of nitrogens with one attached hydrogen (secondary N) is 2.